The van der Waals surface area contributed by atoms with Gasteiger partial charge < -0.3 is 26.4 Å². The van der Waals surface area contributed by atoms with Crippen LogP contribution in [0.3, 0.4) is 0 Å². The number of hydrogen-bond donors (Lipinski definition) is 4. The highest BCUT2D eigenvalue weighted by Crippen LogP contribution is 2.31. The fourth-order valence-electron chi connectivity index (χ4n) is 1.37. The topological polar surface area (TPSA) is 102 Å². The first-order valence-corrected chi connectivity index (χ1v) is 4.62. The van der Waals surface area contributed by atoms with Gasteiger partial charge in [0.25, 0.3) is 0 Å². The summed E-state index contributed by atoms with van der Waals surface area (Å²) in [5.74, 6) is 0.479. The van der Waals surface area contributed by atoms with Gasteiger partial charge in [0.2, 0.25) is 0 Å². The number of anilines is 2. The lowest BCUT2D eigenvalue weighted by Gasteiger charge is -2.14. The minimum absolute atomic E-state index is 0.105. The van der Waals surface area contributed by atoms with E-state index in [1.807, 2.05) is 0 Å². The molecule has 0 aliphatic heterocycles. The number of aliphatic hydroxyl groups excluding tert-OH is 2. The lowest BCUT2D eigenvalue weighted by atomic mass is 10.0. The zero-order valence-electron chi connectivity index (χ0n) is 8.60. The van der Waals surface area contributed by atoms with Gasteiger partial charge in [-0.2, -0.15) is 0 Å². The summed E-state index contributed by atoms with van der Waals surface area (Å²) >= 11 is 0. The molecule has 0 bridgehead atoms. The Kier molecular flexibility index (Phi) is 3.76. The Bertz CT molecular complexity index is 342. The number of nitrogens with two attached hydrogens (primary N) is 2. The Labute approximate surface area is 88.3 Å². The van der Waals surface area contributed by atoms with E-state index in [1.165, 1.54) is 7.11 Å². The highest BCUT2D eigenvalue weighted by Gasteiger charge is 2.13. The normalized spacial score (nSPS) is 12.5. The first-order chi connectivity index (χ1) is 7.10. The van der Waals surface area contributed by atoms with Crippen LogP contribution in [0.15, 0.2) is 12.1 Å². The van der Waals surface area contributed by atoms with Crippen LogP contribution in [0.25, 0.3) is 0 Å². The quantitative estimate of drug-likeness (QED) is 0.537. The van der Waals surface area contributed by atoms with Crippen molar-refractivity contribution in [3.63, 3.8) is 0 Å². The summed E-state index contributed by atoms with van der Waals surface area (Å²) in [7, 11) is 1.49. The number of rotatable bonds is 4. The Hall–Kier alpha value is -1.46. The average Bonchev–Trinajstić information content (AvgIpc) is 2.21. The molecule has 1 aromatic rings. The summed E-state index contributed by atoms with van der Waals surface area (Å²) in [6.07, 6.45) is -0.570. The summed E-state index contributed by atoms with van der Waals surface area (Å²) < 4.78 is 4.98. The summed E-state index contributed by atoms with van der Waals surface area (Å²) in [6, 6.07) is 3.12. The fourth-order valence-corrected chi connectivity index (χ4v) is 1.37. The molecule has 6 N–H and O–H groups in total. The van der Waals surface area contributed by atoms with Gasteiger partial charge in [-0.3, -0.25) is 0 Å². The van der Waals surface area contributed by atoms with Crippen molar-refractivity contribution >= 4 is 11.4 Å². The monoisotopic (exact) mass is 212 g/mol. The van der Waals surface area contributed by atoms with Crippen LogP contribution in [0, 0.1) is 0 Å². The third-order valence-electron chi connectivity index (χ3n) is 2.20. The molecular formula is C10H16N2O3. The van der Waals surface area contributed by atoms with Crippen LogP contribution in [-0.2, 0) is 0 Å². The van der Waals surface area contributed by atoms with Crippen molar-refractivity contribution in [2.45, 2.75) is 12.5 Å². The van der Waals surface area contributed by atoms with Crippen molar-refractivity contribution in [2.75, 3.05) is 25.2 Å². The minimum Gasteiger partial charge on any atom is -0.495 e. The molecule has 5 heteroatoms. The summed E-state index contributed by atoms with van der Waals surface area (Å²) in [5, 5.41) is 18.4. The number of ether oxygens (including phenoxy) is 1. The lowest BCUT2D eigenvalue weighted by Crippen LogP contribution is -2.06. The molecule has 0 saturated heterocycles. The molecule has 1 aromatic carbocycles. The average molecular weight is 212 g/mol. The molecule has 1 atom stereocenters. The second kappa shape index (κ2) is 4.86. The van der Waals surface area contributed by atoms with Crippen molar-refractivity contribution in [3.8, 4) is 5.75 Å². The van der Waals surface area contributed by atoms with Gasteiger partial charge >= 0.3 is 0 Å². The summed E-state index contributed by atoms with van der Waals surface area (Å²) in [6.45, 7) is -0.105. The van der Waals surface area contributed by atoms with E-state index in [2.05, 4.69) is 0 Å². The van der Waals surface area contributed by atoms with Crippen LogP contribution in [0.5, 0.6) is 5.75 Å². The molecule has 0 saturated carbocycles. The zero-order valence-corrected chi connectivity index (χ0v) is 8.60. The number of benzene rings is 1. The van der Waals surface area contributed by atoms with E-state index >= 15 is 0 Å². The smallest absolute Gasteiger partial charge is 0.143 e. The SMILES string of the molecule is COc1cc(N)c(C(O)CCO)cc1N. The Morgan fingerprint density at radius 1 is 1.33 bits per heavy atom. The molecule has 1 rings (SSSR count). The Morgan fingerprint density at radius 2 is 2.00 bits per heavy atom. The van der Waals surface area contributed by atoms with E-state index in [0.29, 0.717) is 22.7 Å². The maximum absolute atomic E-state index is 9.65. The predicted molar refractivity (Wildman–Crippen MR) is 58.5 cm³/mol. The van der Waals surface area contributed by atoms with Crippen LogP contribution in [0.4, 0.5) is 11.4 Å². The zero-order chi connectivity index (χ0) is 11.4. The molecule has 15 heavy (non-hydrogen) atoms. The molecular weight excluding hydrogens is 196 g/mol. The molecule has 84 valence electrons. The van der Waals surface area contributed by atoms with Gasteiger partial charge in [-0.1, -0.05) is 0 Å². The van der Waals surface area contributed by atoms with Gasteiger partial charge in [-0.25, -0.2) is 0 Å². The van der Waals surface area contributed by atoms with Crippen molar-refractivity contribution in [2.24, 2.45) is 0 Å². The molecule has 0 fully saturated rings. The first-order valence-electron chi connectivity index (χ1n) is 4.62. The fraction of sp³-hybridized carbons (Fsp3) is 0.400. The first kappa shape index (κ1) is 11.6. The van der Waals surface area contributed by atoms with E-state index in [4.69, 9.17) is 21.3 Å². The summed E-state index contributed by atoms with van der Waals surface area (Å²) in [4.78, 5) is 0. The van der Waals surface area contributed by atoms with Gasteiger partial charge in [0.1, 0.15) is 5.75 Å². The number of aliphatic hydroxyl groups is 2. The van der Waals surface area contributed by atoms with Crippen molar-refractivity contribution in [1.29, 1.82) is 0 Å². The van der Waals surface area contributed by atoms with E-state index in [0.717, 1.165) is 0 Å². The van der Waals surface area contributed by atoms with E-state index < -0.39 is 6.10 Å². The predicted octanol–water partition coefficient (Wildman–Crippen LogP) is 0.275. The molecule has 0 heterocycles. The number of hydrogen-bond acceptors (Lipinski definition) is 5. The number of nitrogen functional groups attached to an aromatic ring is 2. The third kappa shape index (κ3) is 2.51. The maximum Gasteiger partial charge on any atom is 0.143 e. The van der Waals surface area contributed by atoms with E-state index in [1.54, 1.807) is 12.1 Å². The van der Waals surface area contributed by atoms with Crippen molar-refractivity contribution < 1.29 is 14.9 Å². The van der Waals surface area contributed by atoms with Crippen molar-refractivity contribution in [1.82, 2.24) is 0 Å². The number of methoxy groups -OCH3 is 1. The maximum atomic E-state index is 9.65. The highest BCUT2D eigenvalue weighted by molar-refractivity contribution is 5.64. The molecule has 0 aliphatic carbocycles. The second-order valence-corrected chi connectivity index (χ2v) is 3.25. The van der Waals surface area contributed by atoms with Crippen molar-refractivity contribution in [3.05, 3.63) is 17.7 Å². The van der Waals surface area contributed by atoms with Gasteiger partial charge in [-0.15, -0.1) is 0 Å². The molecule has 0 aliphatic rings. The molecule has 1 unspecified atom stereocenters. The van der Waals surface area contributed by atoms with Gasteiger partial charge in [0.15, 0.2) is 0 Å². The third-order valence-corrected chi connectivity index (χ3v) is 2.20. The molecule has 0 aromatic heterocycles. The largest absolute Gasteiger partial charge is 0.495 e. The van der Waals surface area contributed by atoms with E-state index in [-0.39, 0.29) is 13.0 Å². The van der Waals surface area contributed by atoms with Crippen LogP contribution in [0.2, 0.25) is 0 Å². The minimum atomic E-state index is -0.803. The van der Waals surface area contributed by atoms with Gasteiger partial charge in [-0.05, 0) is 6.07 Å². The van der Waals surface area contributed by atoms with Crippen LogP contribution < -0.4 is 16.2 Å². The second-order valence-electron chi connectivity index (χ2n) is 3.25. The summed E-state index contributed by atoms with van der Waals surface area (Å²) in [5.41, 5.74) is 12.7. The van der Waals surface area contributed by atoms with Crippen LogP contribution >= 0.6 is 0 Å². The lowest BCUT2D eigenvalue weighted by molar-refractivity contribution is 0.135. The van der Waals surface area contributed by atoms with Crippen LogP contribution in [0.1, 0.15) is 18.1 Å². The standard InChI is InChI=1S/C10H16N2O3/c1-15-10-5-7(11)6(4-8(10)12)9(14)2-3-13/h4-5,9,13-14H,2-3,11-12H2,1H3. The molecule has 5 nitrogen and oxygen atoms in total. The molecule has 0 spiro atoms. The van der Waals surface area contributed by atoms with Gasteiger partial charge in [0, 0.05) is 30.3 Å². The highest BCUT2D eigenvalue weighted by atomic mass is 16.5. The Morgan fingerprint density at radius 3 is 2.53 bits per heavy atom. The molecule has 0 amide bonds. The van der Waals surface area contributed by atoms with Gasteiger partial charge in [0.05, 0.1) is 18.9 Å². The Balaban J connectivity index is 3.04. The molecule has 0 radical (unpaired) electrons. The van der Waals surface area contributed by atoms with E-state index in [9.17, 15) is 5.11 Å². The van der Waals surface area contributed by atoms with Crippen LogP contribution in [-0.4, -0.2) is 23.9 Å².